The average molecular weight is 916 g/mol. The normalized spacial score (nSPS) is 12.3. The zero-order valence-electron chi connectivity index (χ0n) is 39.7. The molecular weight excluding hydrogens is 867 g/mol. The molecule has 12 aromatic rings. The summed E-state index contributed by atoms with van der Waals surface area (Å²) < 4.78 is 0. The third-order valence-electron chi connectivity index (χ3n) is 14.7. The lowest BCUT2D eigenvalue weighted by atomic mass is 9.67. The van der Waals surface area contributed by atoms with Crippen LogP contribution in [0.3, 0.4) is 0 Å². The molecular formula is C71H49N. The summed E-state index contributed by atoms with van der Waals surface area (Å²) in [6.45, 7) is 0. The van der Waals surface area contributed by atoms with Gasteiger partial charge in [-0.2, -0.15) is 0 Å². The average Bonchev–Trinajstić information content (AvgIpc) is 3.77. The van der Waals surface area contributed by atoms with E-state index in [0.717, 1.165) is 28.2 Å². The number of nitrogens with zero attached hydrogens (tertiary/aromatic N) is 1. The van der Waals surface area contributed by atoms with Gasteiger partial charge in [0.1, 0.15) is 0 Å². The van der Waals surface area contributed by atoms with Crippen molar-refractivity contribution in [2.45, 2.75) is 5.41 Å². The maximum absolute atomic E-state index is 2.40. The SMILES string of the molecule is c1ccc(-c2cccc(-c3cccc(N(c4ccc(-c5cccc6c5-c5ccccc5C6(c5ccccc5)c5ccccc5)cc4)c4cccc(-c5ccc(-c6ccc7ccccc7c6)cc5)c4)c3)c2)cc1. The predicted molar refractivity (Wildman–Crippen MR) is 303 cm³/mol. The number of hydrogen-bond donors (Lipinski definition) is 0. The molecule has 13 rings (SSSR count). The fraction of sp³-hybridized carbons (Fsp3) is 0.0141. The Balaban J connectivity index is 0.918. The minimum atomic E-state index is -0.464. The Morgan fingerprint density at radius 3 is 1.29 bits per heavy atom. The van der Waals surface area contributed by atoms with Gasteiger partial charge >= 0.3 is 0 Å². The van der Waals surface area contributed by atoms with E-state index in [9.17, 15) is 0 Å². The van der Waals surface area contributed by atoms with Crippen molar-refractivity contribution in [2.24, 2.45) is 0 Å². The Labute approximate surface area is 422 Å². The minimum absolute atomic E-state index is 0.464. The van der Waals surface area contributed by atoms with Crippen LogP contribution in [0.15, 0.2) is 297 Å². The maximum atomic E-state index is 2.40. The van der Waals surface area contributed by atoms with Gasteiger partial charge in [-0.3, -0.25) is 0 Å². The number of fused-ring (bicyclic) bond motifs is 4. The van der Waals surface area contributed by atoms with Crippen molar-refractivity contribution in [3.8, 4) is 66.8 Å². The van der Waals surface area contributed by atoms with Gasteiger partial charge in [-0.1, -0.05) is 249 Å². The van der Waals surface area contributed by atoms with Crippen molar-refractivity contribution in [3.05, 3.63) is 320 Å². The van der Waals surface area contributed by atoms with E-state index in [2.05, 4.69) is 302 Å². The van der Waals surface area contributed by atoms with Gasteiger partial charge in [0.2, 0.25) is 0 Å². The molecule has 1 nitrogen and oxygen atoms in total. The first-order valence-electron chi connectivity index (χ1n) is 24.9. The molecule has 0 bridgehead atoms. The van der Waals surface area contributed by atoms with Gasteiger partial charge in [0.05, 0.1) is 5.41 Å². The lowest BCUT2D eigenvalue weighted by Gasteiger charge is -2.34. The third-order valence-corrected chi connectivity index (χ3v) is 14.7. The Hall–Kier alpha value is -9.30. The van der Waals surface area contributed by atoms with Gasteiger partial charge in [0, 0.05) is 17.1 Å². The van der Waals surface area contributed by atoms with Crippen LogP contribution in [0.25, 0.3) is 77.5 Å². The molecule has 1 aliphatic carbocycles. The molecule has 338 valence electrons. The van der Waals surface area contributed by atoms with Crippen LogP contribution in [0, 0.1) is 0 Å². The molecule has 0 saturated carbocycles. The van der Waals surface area contributed by atoms with E-state index in [1.165, 1.54) is 88.7 Å². The van der Waals surface area contributed by atoms with E-state index >= 15 is 0 Å². The van der Waals surface area contributed by atoms with E-state index in [0.29, 0.717) is 0 Å². The number of benzene rings is 12. The predicted octanol–water partition coefficient (Wildman–Crippen LogP) is 19.0. The monoisotopic (exact) mass is 915 g/mol. The molecule has 0 atom stereocenters. The number of rotatable bonds is 10. The third kappa shape index (κ3) is 7.51. The number of anilines is 3. The molecule has 72 heavy (non-hydrogen) atoms. The first kappa shape index (κ1) is 42.8. The molecule has 1 aliphatic rings. The zero-order valence-corrected chi connectivity index (χ0v) is 39.7. The fourth-order valence-corrected chi connectivity index (χ4v) is 11.4. The second-order valence-electron chi connectivity index (χ2n) is 18.8. The molecule has 0 aliphatic heterocycles. The zero-order chi connectivity index (χ0) is 47.8. The van der Waals surface area contributed by atoms with Crippen LogP contribution in [0.2, 0.25) is 0 Å². The van der Waals surface area contributed by atoms with Crippen LogP contribution in [-0.4, -0.2) is 0 Å². The van der Waals surface area contributed by atoms with Crippen molar-refractivity contribution in [2.75, 3.05) is 4.90 Å². The van der Waals surface area contributed by atoms with Gasteiger partial charge in [-0.25, -0.2) is 0 Å². The van der Waals surface area contributed by atoms with Crippen LogP contribution < -0.4 is 4.90 Å². The smallest absolute Gasteiger partial charge is 0.0713 e. The summed E-state index contributed by atoms with van der Waals surface area (Å²) in [7, 11) is 0. The summed E-state index contributed by atoms with van der Waals surface area (Å²) in [4.78, 5) is 2.40. The summed E-state index contributed by atoms with van der Waals surface area (Å²) in [6.07, 6.45) is 0. The van der Waals surface area contributed by atoms with E-state index < -0.39 is 5.41 Å². The molecule has 0 N–H and O–H groups in total. The fourth-order valence-electron chi connectivity index (χ4n) is 11.4. The molecule has 0 unspecified atom stereocenters. The van der Waals surface area contributed by atoms with Crippen LogP contribution in [0.5, 0.6) is 0 Å². The highest BCUT2D eigenvalue weighted by Crippen LogP contribution is 2.58. The van der Waals surface area contributed by atoms with E-state index in [-0.39, 0.29) is 0 Å². The van der Waals surface area contributed by atoms with Crippen molar-refractivity contribution >= 4 is 27.8 Å². The molecule has 0 fully saturated rings. The van der Waals surface area contributed by atoms with Crippen LogP contribution >= 0.6 is 0 Å². The van der Waals surface area contributed by atoms with Gasteiger partial charge < -0.3 is 4.90 Å². The Bertz CT molecular complexity index is 3850. The summed E-state index contributed by atoms with van der Waals surface area (Å²) in [5, 5.41) is 2.50. The van der Waals surface area contributed by atoms with Gasteiger partial charge in [-0.05, 0) is 148 Å². The Morgan fingerprint density at radius 1 is 0.222 bits per heavy atom. The van der Waals surface area contributed by atoms with E-state index in [4.69, 9.17) is 0 Å². The van der Waals surface area contributed by atoms with Gasteiger partial charge in [0.25, 0.3) is 0 Å². The molecule has 1 heteroatoms. The second-order valence-corrected chi connectivity index (χ2v) is 18.8. The summed E-state index contributed by atoms with van der Waals surface area (Å²) in [6, 6.07) is 109. The maximum Gasteiger partial charge on any atom is 0.0713 e. The standard InChI is InChI=1S/C71H49N/c1-4-18-50(19-5-1)56-22-14-23-57(46-56)59-25-16-31-65(49-59)72(64-30-15-24-58(48-64)52-36-38-53(39-37-52)60-41-40-51-20-10-11-21-55(51)47-60)63-44-42-54(43-45-63)66-33-17-35-69-70(66)67-32-12-13-34-68(67)71(69,61-26-6-2-7-27-61)62-28-8-3-9-29-62/h1-49H. The lowest BCUT2D eigenvalue weighted by molar-refractivity contribution is 0.768. The summed E-state index contributed by atoms with van der Waals surface area (Å²) >= 11 is 0. The minimum Gasteiger partial charge on any atom is -0.310 e. The van der Waals surface area contributed by atoms with Gasteiger partial charge in [-0.15, -0.1) is 0 Å². The van der Waals surface area contributed by atoms with Crippen LogP contribution in [0.4, 0.5) is 17.1 Å². The molecule has 0 radical (unpaired) electrons. The Kier molecular flexibility index (Phi) is 10.8. The van der Waals surface area contributed by atoms with Gasteiger partial charge in [0.15, 0.2) is 0 Å². The largest absolute Gasteiger partial charge is 0.310 e. The van der Waals surface area contributed by atoms with Crippen molar-refractivity contribution in [3.63, 3.8) is 0 Å². The van der Waals surface area contributed by atoms with Crippen LogP contribution in [-0.2, 0) is 5.41 Å². The topological polar surface area (TPSA) is 3.24 Å². The highest BCUT2D eigenvalue weighted by atomic mass is 15.1. The van der Waals surface area contributed by atoms with Crippen molar-refractivity contribution < 1.29 is 0 Å². The van der Waals surface area contributed by atoms with E-state index in [1.807, 2.05) is 0 Å². The molecule has 0 heterocycles. The van der Waals surface area contributed by atoms with Crippen molar-refractivity contribution in [1.29, 1.82) is 0 Å². The highest BCUT2D eigenvalue weighted by molar-refractivity contribution is 5.96. The quantitative estimate of drug-likeness (QED) is 0.132. The lowest BCUT2D eigenvalue weighted by Crippen LogP contribution is -2.28. The summed E-state index contributed by atoms with van der Waals surface area (Å²) in [5.41, 5.74) is 22.4. The molecule has 0 saturated heterocycles. The van der Waals surface area contributed by atoms with Crippen LogP contribution in [0.1, 0.15) is 22.3 Å². The van der Waals surface area contributed by atoms with Crippen molar-refractivity contribution in [1.82, 2.24) is 0 Å². The highest BCUT2D eigenvalue weighted by Gasteiger charge is 2.46. The molecule has 12 aromatic carbocycles. The first-order valence-corrected chi connectivity index (χ1v) is 24.9. The summed E-state index contributed by atoms with van der Waals surface area (Å²) in [5.74, 6) is 0. The second kappa shape index (κ2) is 18.2. The molecule has 0 amide bonds. The Morgan fingerprint density at radius 2 is 0.639 bits per heavy atom. The molecule has 0 spiro atoms. The number of hydrogen-bond acceptors (Lipinski definition) is 1. The first-order chi connectivity index (χ1) is 35.7. The molecule has 0 aromatic heterocycles. The van der Waals surface area contributed by atoms with E-state index in [1.54, 1.807) is 0 Å².